The van der Waals surface area contributed by atoms with E-state index >= 15 is 0 Å². The molecule has 0 unspecified atom stereocenters. The van der Waals surface area contributed by atoms with Gasteiger partial charge in [0.05, 0.1) is 31.7 Å². The molecule has 0 aromatic heterocycles. The molecule has 0 atom stereocenters. The molecular formula is C18H34O9. The van der Waals surface area contributed by atoms with Gasteiger partial charge in [0, 0.05) is 5.41 Å². The molecule has 0 radical (unpaired) electrons. The summed E-state index contributed by atoms with van der Waals surface area (Å²) in [6.07, 6.45) is 8.02. The van der Waals surface area contributed by atoms with Gasteiger partial charge in [0.15, 0.2) is 0 Å². The number of hydrogen-bond donors (Lipinski definition) is 6. The van der Waals surface area contributed by atoms with E-state index < -0.39 is 17.4 Å². The summed E-state index contributed by atoms with van der Waals surface area (Å²) in [4.78, 5) is 28.8. The van der Waals surface area contributed by atoms with Gasteiger partial charge in [-0.15, -0.1) is 0 Å². The summed E-state index contributed by atoms with van der Waals surface area (Å²) in [7, 11) is 0. The van der Waals surface area contributed by atoms with Gasteiger partial charge in [-0.05, 0) is 25.7 Å². The van der Waals surface area contributed by atoms with Crippen molar-refractivity contribution < 1.29 is 45.0 Å². The third kappa shape index (κ3) is 14.1. The molecule has 27 heavy (non-hydrogen) atoms. The van der Waals surface area contributed by atoms with Crippen LogP contribution in [0.15, 0.2) is 0 Å². The topological polar surface area (TPSA) is 173 Å². The van der Waals surface area contributed by atoms with Crippen molar-refractivity contribution in [3.63, 3.8) is 0 Å². The Balaban J connectivity index is 0. The summed E-state index contributed by atoms with van der Waals surface area (Å²) in [6, 6.07) is 0. The SMILES string of the molecule is CC(CO)(CO)CO.O=C(O)C1CCCC1.O=C(O)C1CCCC1.O=CO. The van der Waals surface area contributed by atoms with E-state index in [2.05, 4.69) is 0 Å². The largest absolute Gasteiger partial charge is 0.483 e. The lowest BCUT2D eigenvalue weighted by Gasteiger charge is -2.20. The van der Waals surface area contributed by atoms with Crippen LogP contribution in [0.25, 0.3) is 0 Å². The maximum absolute atomic E-state index is 10.2. The third-order valence-corrected chi connectivity index (χ3v) is 4.55. The molecule has 0 saturated heterocycles. The first kappa shape index (κ1) is 27.5. The lowest BCUT2D eigenvalue weighted by atomic mass is 9.95. The van der Waals surface area contributed by atoms with Crippen LogP contribution in [0.4, 0.5) is 0 Å². The minimum atomic E-state index is -0.708. The van der Waals surface area contributed by atoms with E-state index in [-0.39, 0.29) is 38.1 Å². The van der Waals surface area contributed by atoms with Crippen LogP contribution in [0.1, 0.15) is 58.3 Å². The molecule has 0 bridgehead atoms. The summed E-state index contributed by atoms with van der Waals surface area (Å²) in [5.41, 5.74) is -0.708. The second-order valence-corrected chi connectivity index (χ2v) is 7.03. The fourth-order valence-corrected chi connectivity index (χ4v) is 2.50. The fourth-order valence-electron chi connectivity index (χ4n) is 2.50. The monoisotopic (exact) mass is 394 g/mol. The lowest BCUT2D eigenvalue weighted by molar-refractivity contribution is -0.142. The molecule has 6 N–H and O–H groups in total. The summed E-state index contributed by atoms with van der Waals surface area (Å²) in [6.45, 7) is 0.812. The second kappa shape index (κ2) is 16.5. The Hall–Kier alpha value is -1.71. The molecule has 0 aromatic carbocycles. The molecule has 160 valence electrons. The van der Waals surface area contributed by atoms with Crippen molar-refractivity contribution in [1.29, 1.82) is 0 Å². The minimum Gasteiger partial charge on any atom is -0.483 e. The molecular weight excluding hydrogens is 360 g/mol. The van der Waals surface area contributed by atoms with Crippen LogP contribution in [0.2, 0.25) is 0 Å². The Morgan fingerprint density at radius 1 is 0.815 bits per heavy atom. The zero-order valence-corrected chi connectivity index (χ0v) is 15.9. The van der Waals surface area contributed by atoms with E-state index in [1.165, 1.54) is 0 Å². The van der Waals surface area contributed by atoms with Gasteiger partial charge in [0.2, 0.25) is 0 Å². The maximum Gasteiger partial charge on any atom is 0.306 e. The average Bonchev–Trinajstić information content (AvgIpc) is 3.36. The highest BCUT2D eigenvalue weighted by Gasteiger charge is 2.22. The number of aliphatic hydroxyl groups excluding tert-OH is 3. The molecule has 9 nitrogen and oxygen atoms in total. The molecule has 2 aliphatic rings. The lowest BCUT2D eigenvalue weighted by Crippen LogP contribution is -2.29. The molecule has 2 aliphatic carbocycles. The summed E-state index contributed by atoms with van der Waals surface area (Å²) in [5.74, 6) is -1.25. The van der Waals surface area contributed by atoms with Crippen molar-refractivity contribution >= 4 is 18.4 Å². The van der Waals surface area contributed by atoms with E-state index in [0.29, 0.717) is 0 Å². The highest BCUT2D eigenvalue weighted by molar-refractivity contribution is 5.70. The Labute approximate surface area is 159 Å². The van der Waals surface area contributed by atoms with Gasteiger partial charge in [0.25, 0.3) is 6.47 Å². The smallest absolute Gasteiger partial charge is 0.306 e. The van der Waals surface area contributed by atoms with Crippen molar-refractivity contribution in [2.24, 2.45) is 17.3 Å². The number of carboxylic acids is 2. The maximum atomic E-state index is 10.2. The molecule has 0 spiro atoms. The first-order valence-electron chi connectivity index (χ1n) is 9.07. The zero-order chi connectivity index (χ0) is 21.3. The van der Waals surface area contributed by atoms with Crippen molar-refractivity contribution in [1.82, 2.24) is 0 Å². The fraction of sp³-hybridized carbons (Fsp3) is 0.833. The quantitative estimate of drug-likeness (QED) is 0.374. The van der Waals surface area contributed by atoms with Crippen LogP contribution in [-0.4, -0.2) is 68.9 Å². The minimum absolute atomic E-state index is 0.0185. The highest BCUT2D eigenvalue weighted by Crippen LogP contribution is 2.24. The highest BCUT2D eigenvalue weighted by atomic mass is 16.4. The van der Waals surface area contributed by atoms with Crippen LogP contribution in [0.3, 0.4) is 0 Å². The number of carbonyl (C=O) groups is 3. The Bertz CT molecular complexity index is 361. The second-order valence-electron chi connectivity index (χ2n) is 7.03. The number of rotatable bonds is 5. The van der Waals surface area contributed by atoms with Crippen LogP contribution in [-0.2, 0) is 14.4 Å². The van der Waals surface area contributed by atoms with E-state index in [0.717, 1.165) is 51.4 Å². The molecule has 0 aliphatic heterocycles. The Kier molecular flexibility index (Phi) is 16.8. The van der Waals surface area contributed by atoms with Crippen LogP contribution < -0.4 is 0 Å². The van der Waals surface area contributed by atoms with Crippen molar-refractivity contribution in [2.75, 3.05) is 19.8 Å². The molecule has 2 rings (SSSR count). The van der Waals surface area contributed by atoms with Crippen molar-refractivity contribution in [3.05, 3.63) is 0 Å². The van der Waals surface area contributed by atoms with Gasteiger partial charge < -0.3 is 30.6 Å². The standard InChI is InChI=1S/2C6H10O2.C5H12O3.CH2O2/c2*7-6(8)5-3-1-2-4-5;1-5(2-6,3-7)4-8;2-1-3/h2*5H,1-4H2,(H,7,8);6-8H,2-4H2,1H3;1H,(H,2,3). The number of hydrogen-bond acceptors (Lipinski definition) is 6. The molecule has 0 amide bonds. The Morgan fingerprint density at radius 2 is 1.04 bits per heavy atom. The average molecular weight is 394 g/mol. The number of aliphatic carboxylic acids is 2. The summed E-state index contributed by atoms with van der Waals surface area (Å²) in [5, 5.41) is 49.1. The van der Waals surface area contributed by atoms with Gasteiger partial charge in [-0.25, -0.2) is 0 Å². The van der Waals surface area contributed by atoms with Crippen molar-refractivity contribution in [3.8, 4) is 0 Å². The van der Waals surface area contributed by atoms with E-state index in [9.17, 15) is 9.59 Å². The third-order valence-electron chi connectivity index (χ3n) is 4.55. The molecule has 0 aromatic rings. The first-order valence-corrected chi connectivity index (χ1v) is 9.07. The molecule has 9 heteroatoms. The zero-order valence-electron chi connectivity index (χ0n) is 15.9. The van der Waals surface area contributed by atoms with Gasteiger partial charge in [-0.1, -0.05) is 32.6 Å². The summed E-state index contributed by atoms with van der Waals surface area (Å²) >= 11 is 0. The Morgan fingerprint density at radius 3 is 1.11 bits per heavy atom. The summed E-state index contributed by atoms with van der Waals surface area (Å²) < 4.78 is 0. The van der Waals surface area contributed by atoms with Crippen LogP contribution in [0, 0.1) is 17.3 Å². The van der Waals surface area contributed by atoms with Gasteiger partial charge in [-0.3, -0.25) is 14.4 Å². The first-order chi connectivity index (χ1) is 12.7. The van der Waals surface area contributed by atoms with Crippen LogP contribution in [0.5, 0.6) is 0 Å². The predicted molar refractivity (Wildman–Crippen MR) is 97.2 cm³/mol. The van der Waals surface area contributed by atoms with Gasteiger partial charge >= 0.3 is 11.9 Å². The molecule has 2 saturated carbocycles. The van der Waals surface area contributed by atoms with E-state index in [1.54, 1.807) is 6.92 Å². The molecule has 0 heterocycles. The van der Waals surface area contributed by atoms with E-state index in [1.807, 2.05) is 0 Å². The predicted octanol–water partition coefficient (Wildman–Crippen LogP) is 1.19. The normalized spacial score (nSPS) is 16.7. The molecule has 2 fully saturated rings. The number of carboxylic acid groups (broad SMARTS) is 3. The van der Waals surface area contributed by atoms with Gasteiger partial charge in [-0.2, -0.15) is 0 Å². The van der Waals surface area contributed by atoms with Gasteiger partial charge in [0.1, 0.15) is 0 Å². The van der Waals surface area contributed by atoms with Crippen LogP contribution >= 0.6 is 0 Å². The van der Waals surface area contributed by atoms with Crippen molar-refractivity contribution in [2.45, 2.75) is 58.3 Å². The number of aliphatic hydroxyl groups is 3. The van der Waals surface area contributed by atoms with E-state index in [4.69, 9.17) is 35.4 Å².